The first kappa shape index (κ1) is 22.5. The van der Waals surface area contributed by atoms with Crippen LogP contribution in [0.1, 0.15) is 24.2 Å². The molecule has 166 valence electrons. The van der Waals surface area contributed by atoms with Crippen LogP contribution in [0.2, 0.25) is 0 Å². The SMILES string of the molecule is COc1ccc([N+](=O)[O-])cc1NC(=O)c1cc2ccccc2cc1OCC(=O)NC(C)C. The second kappa shape index (κ2) is 9.78. The highest BCUT2D eigenvalue weighted by Crippen LogP contribution is 2.31. The van der Waals surface area contributed by atoms with Gasteiger partial charge < -0.3 is 20.1 Å². The number of anilines is 1. The summed E-state index contributed by atoms with van der Waals surface area (Å²) >= 11 is 0. The van der Waals surface area contributed by atoms with Crippen molar-refractivity contribution in [1.29, 1.82) is 0 Å². The van der Waals surface area contributed by atoms with Gasteiger partial charge in [0.15, 0.2) is 6.61 Å². The third kappa shape index (κ3) is 5.31. The topological polar surface area (TPSA) is 120 Å². The Bertz CT molecular complexity index is 1180. The quantitative estimate of drug-likeness (QED) is 0.407. The van der Waals surface area contributed by atoms with Crippen molar-refractivity contribution in [2.24, 2.45) is 0 Å². The zero-order valence-corrected chi connectivity index (χ0v) is 17.9. The number of hydrogen-bond acceptors (Lipinski definition) is 6. The molecular formula is C23H23N3O6. The number of fused-ring (bicyclic) bond motifs is 1. The van der Waals surface area contributed by atoms with Crippen LogP contribution in [0.4, 0.5) is 11.4 Å². The number of ether oxygens (including phenoxy) is 2. The van der Waals surface area contributed by atoms with Gasteiger partial charge in [-0.05, 0) is 42.8 Å². The summed E-state index contributed by atoms with van der Waals surface area (Å²) in [6.07, 6.45) is 0. The van der Waals surface area contributed by atoms with Gasteiger partial charge in [0.25, 0.3) is 17.5 Å². The molecule has 2 amide bonds. The molecule has 32 heavy (non-hydrogen) atoms. The van der Waals surface area contributed by atoms with Crippen LogP contribution in [0.25, 0.3) is 10.8 Å². The molecule has 0 bridgehead atoms. The van der Waals surface area contributed by atoms with E-state index in [0.29, 0.717) is 0 Å². The van der Waals surface area contributed by atoms with Crippen LogP contribution in [0.5, 0.6) is 11.5 Å². The number of carbonyl (C=O) groups excluding carboxylic acids is 2. The van der Waals surface area contributed by atoms with E-state index in [0.717, 1.165) is 10.8 Å². The molecule has 9 nitrogen and oxygen atoms in total. The molecule has 0 unspecified atom stereocenters. The van der Waals surface area contributed by atoms with Gasteiger partial charge in [-0.25, -0.2) is 0 Å². The van der Waals surface area contributed by atoms with E-state index in [2.05, 4.69) is 10.6 Å². The third-order valence-electron chi connectivity index (χ3n) is 4.54. The number of hydrogen-bond donors (Lipinski definition) is 2. The van der Waals surface area contributed by atoms with Crippen molar-refractivity contribution in [2.75, 3.05) is 19.0 Å². The van der Waals surface area contributed by atoms with Crippen LogP contribution in [0.3, 0.4) is 0 Å². The Labute approximate surface area is 184 Å². The van der Waals surface area contributed by atoms with Gasteiger partial charge in [-0.3, -0.25) is 19.7 Å². The van der Waals surface area contributed by atoms with Crippen LogP contribution in [-0.2, 0) is 4.79 Å². The summed E-state index contributed by atoms with van der Waals surface area (Å²) in [7, 11) is 1.40. The minimum Gasteiger partial charge on any atom is -0.495 e. The number of nitro benzene ring substituents is 1. The van der Waals surface area contributed by atoms with E-state index < -0.39 is 10.8 Å². The average molecular weight is 437 g/mol. The predicted octanol–water partition coefficient (Wildman–Crippen LogP) is 3.91. The van der Waals surface area contributed by atoms with Crippen LogP contribution < -0.4 is 20.1 Å². The maximum absolute atomic E-state index is 13.1. The molecule has 3 aromatic carbocycles. The number of methoxy groups -OCH3 is 1. The maximum atomic E-state index is 13.1. The van der Waals surface area contributed by atoms with Crippen LogP contribution >= 0.6 is 0 Å². The van der Waals surface area contributed by atoms with E-state index in [1.807, 2.05) is 38.1 Å². The van der Waals surface area contributed by atoms with E-state index in [9.17, 15) is 19.7 Å². The zero-order valence-electron chi connectivity index (χ0n) is 17.9. The molecule has 3 aromatic rings. The molecule has 0 aliphatic rings. The molecule has 2 N–H and O–H groups in total. The summed E-state index contributed by atoms with van der Waals surface area (Å²) in [6, 6.07) is 14.6. The van der Waals surface area contributed by atoms with Crippen LogP contribution in [0.15, 0.2) is 54.6 Å². The number of benzene rings is 3. The van der Waals surface area contributed by atoms with Crippen molar-refractivity contribution < 1.29 is 24.0 Å². The molecule has 0 heterocycles. The largest absolute Gasteiger partial charge is 0.495 e. The predicted molar refractivity (Wildman–Crippen MR) is 120 cm³/mol. The van der Waals surface area contributed by atoms with Gasteiger partial charge in [-0.2, -0.15) is 0 Å². The monoisotopic (exact) mass is 437 g/mol. The van der Waals surface area contributed by atoms with E-state index in [-0.39, 0.29) is 47.0 Å². The Balaban J connectivity index is 1.95. The van der Waals surface area contributed by atoms with Crippen molar-refractivity contribution in [3.05, 3.63) is 70.3 Å². The number of nitrogens with one attached hydrogen (secondary N) is 2. The van der Waals surface area contributed by atoms with Crippen molar-refractivity contribution in [3.63, 3.8) is 0 Å². The highest BCUT2D eigenvalue weighted by Gasteiger charge is 2.19. The number of nitro groups is 1. The Kier molecular flexibility index (Phi) is 6.89. The Morgan fingerprint density at radius 3 is 2.34 bits per heavy atom. The molecule has 0 saturated heterocycles. The van der Waals surface area contributed by atoms with Crippen LogP contribution in [0, 0.1) is 10.1 Å². The summed E-state index contributed by atoms with van der Waals surface area (Å²) in [5.41, 5.74) is 0.124. The molecule has 3 rings (SSSR count). The molecule has 0 spiro atoms. The summed E-state index contributed by atoms with van der Waals surface area (Å²) in [6.45, 7) is 3.40. The summed E-state index contributed by atoms with van der Waals surface area (Å²) < 4.78 is 10.9. The maximum Gasteiger partial charge on any atom is 0.271 e. The Hall–Kier alpha value is -4.14. The van der Waals surface area contributed by atoms with Crippen molar-refractivity contribution in [3.8, 4) is 11.5 Å². The molecule has 0 aliphatic carbocycles. The number of non-ortho nitro benzene ring substituents is 1. The van der Waals surface area contributed by atoms with Gasteiger partial charge in [0.1, 0.15) is 11.5 Å². The lowest BCUT2D eigenvalue weighted by Gasteiger charge is -2.15. The second-order valence-corrected chi connectivity index (χ2v) is 7.30. The zero-order chi connectivity index (χ0) is 23.3. The normalized spacial score (nSPS) is 10.6. The fourth-order valence-corrected chi connectivity index (χ4v) is 3.12. The Morgan fingerprint density at radius 2 is 1.72 bits per heavy atom. The molecule has 0 atom stereocenters. The molecular weight excluding hydrogens is 414 g/mol. The van der Waals surface area contributed by atoms with Crippen molar-refractivity contribution >= 4 is 34.0 Å². The molecule has 0 radical (unpaired) electrons. The second-order valence-electron chi connectivity index (χ2n) is 7.30. The van der Waals surface area contributed by atoms with Gasteiger partial charge in [0, 0.05) is 18.2 Å². The summed E-state index contributed by atoms with van der Waals surface area (Å²) in [5.74, 6) is -0.401. The van der Waals surface area contributed by atoms with Gasteiger partial charge in [-0.1, -0.05) is 24.3 Å². The minimum absolute atomic E-state index is 0.0493. The molecule has 0 saturated carbocycles. The van der Waals surface area contributed by atoms with Gasteiger partial charge in [0.2, 0.25) is 0 Å². The first-order valence-electron chi connectivity index (χ1n) is 9.87. The fourth-order valence-electron chi connectivity index (χ4n) is 3.12. The lowest BCUT2D eigenvalue weighted by Crippen LogP contribution is -2.34. The summed E-state index contributed by atoms with van der Waals surface area (Å²) in [5, 5.41) is 18.1. The number of carbonyl (C=O) groups is 2. The smallest absolute Gasteiger partial charge is 0.271 e. The first-order chi connectivity index (χ1) is 15.3. The van der Waals surface area contributed by atoms with E-state index in [1.54, 1.807) is 12.1 Å². The number of nitrogens with zero attached hydrogens (tertiary/aromatic N) is 1. The molecule has 0 fully saturated rings. The van der Waals surface area contributed by atoms with Crippen molar-refractivity contribution in [1.82, 2.24) is 5.32 Å². The fraction of sp³-hybridized carbons (Fsp3) is 0.217. The van der Waals surface area contributed by atoms with E-state index >= 15 is 0 Å². The highest BCUT2D eigenvalue weighted by atomic mass is 16.6. The van der Waals surface area contributed by atoms with Gasteiger partial charge in [0.05, 0.1) is 23.3 Å². The van der Waals surface area contributed by atoms with Gasteiger partial charge >= 0.3 is 0 Å². The number of amides is 2. The van der Waals surface area contributed by atoms with Gasteiger partial charge in [-0.15, -0.1) is 0 Å². The third-order valence-corrected chi connectivity index (χ3v) is 4.54. The lowest BCUT2D eigenvalue weighted by molar-refractivity contribution is -0.384. The summed E-state index contributed by atoms with van der Waals surface area (Å²) in [4.78, 5) is 35.7. The lowest BCUT2D eigenvalue weighted by atomic mass is 10.0. The Morgan fingerprint density at radius 1 is 1.03 bits per heavy atom. The number of rotatable bonds is 8. The van der Waals surface area contributed by atoms with E-state index in [1.165, 1.54) is 25.3 Å². The standard InChI is InChI=1S/C23H23N3O6/c1-14(2)24-22(27)13-32-21-11-16-7-5-4-6-15(16)10-18(21)23(28)25-19-12-17(26(29)30)8-9-20(19)31-3/h4-12,14H,13H2,1-3H3,(H,24,27)(H,25,28). The highest BCUT2D eigenvalue weighted by molar-refractivity contribution is 6.09. The molecule has 0 aliphatic heterocycles. The van der Waals surface area contributed by atoms with Crippen LogP contribution in [-0.4, -0.2) is 36.5 Å². The van der Waals surface area contributed by atoms with E-state index in [4.69, 9.17) is 9.47 Å². The molecule has 9 heteroatoms. The van der Waals surface area contributed by atoms with Crippen molar-refractivity contribution in [2.45, 2.75) is 19.9 Å². The average Bonchev–Trinajstić information content (AvgIpc) is 2.76. The molecule has 0 aromatic heterocycles. The first-order valence-corrected chi connectivity index (χ1v) is 9.87. The minimum atomic E-state index is -0.563.